The van der Waals surface area contributed by atoms with Gasteiger partial charge in [-0.25, -0.2) is 0 Å². The molecule has 0 heterocycles. The van der Waals surface area contributed by atoms with Gasteiger partial charge in [0.2, 0.25) is 0 Å². The van der Waals surface area contributed by atoms with Crippen LogP contribution in [-0.4, -0.2) is 31.9 Å². The van der Waals surface area contributed by atoms with Crippen molar-refractivity contribution in [2.75, 3.05) is 19.8 Å². The highest BCUT2D eigenvalue weighted by Gasteiger charge is 2.22. The van der Waals surface area contributed by atoms with Crippen LogP contribution in [0, 0.1) is 0 Å². The van der Waals surface area contributed by atoms with E-state index in [4.69, 9.17) is 9.47 Å². The zero-order valence-corrected chi connectivity index (χ0v) is 12.0. The summed E-state index contributed by atoms with van der Waals surface area (Å²) in [6.07, 6.45) is 3.00. The number of rotatable bonds is 9. The maximum atomic E-state index is 5.97. The monoisotopic (exact) mass is 263 g/mol. The topological polar surface area (TPSA) is 30.5 Å². The van der Waals surface area contributed by atoms with Crippen LogP contribution in [0.15, 0.2) is 30.3 Å². The van der Waals surface area contributed by atoms with E-state index >= 15 is 0 Å². The third-order valence-electron chi connectivity index (χ3n) is 3.19. The summed E-state index contributed by atoms with van der Waals surface area (Å²) < 4.78 is 11.5. The summed E-state index contributed by atoms with van der Waals surface area (Å²) in [5.74, 6) is 0. The van der Waals surface area contributed by atoms with Gasteiger partial charge in [0.15, 0.2) is 0 Å². The largest absolute Gasteiger partial charge is 0.376 e. The molecule has 0 saturated heterocycles. The Hall–Kier alpha value is -0.900. The Bertz CT molecular complexity index is 349. The molecular weight excluding hydrogens is 238 g/mol. The molecule has 1 saturated carbocycles. The molecule has 1 aliphatic carbocycles. The van der Waals surface area contributed by atoms with Gasteiger partial charge in [-0.05, 0) is 32.3 Å². The minimum atomic E-state index is 0.123. The Morgan fingerprint density at radius 3 is 2.42 bits per heavy atom. The average Bonchev–Trinajstić information content (AvgIpc) is 3.23. The van der Waals surface area contributed by atoms with Gasteiger partial charge in [0.25, 0.3) is 0 Å². The molecule has 3 nitrogen and oxygen atoms in total. The first-order chi connectivity index (χ1) is 9.25. The van der Waals surface area contributed by atoms with E-state index in [2.05, 4.69) is 29.6 Å². The summed E-state index contributed by atoms with van der Waals surface area (Å²) in [4.78, 5) is 0. The second-order valence-electron chi connectivity index (χ2n) is 5.37. The maximum Gasteiger partial charge on any atom is 0.0950 e. The molecular formula is C16H25NO2. The number of benzene rings is 1. The fraction of sp³-hybridized carbons (Fsp3) is 0.625. The zero-order chi connectivity index (χ0) is 13.5. The van der Waals surface area contributed by atoms with E-state index < -0.39 is 0 Å². The molecule has 2 rings (SSSR count). The van der Waals surface area contributed by atoms with Crippen molar-refractivity contribution in [3.63, 3.8) is 0 Å². The van der Waals surface area contributed by atoms with Crippen LogP contribution in [0.4, 0.5) is 0 Å². The fourth-order valence-corrected chi connectivity index (χ4v) is 1.98. The molecule has 3 heteroatoms. The quantitative estimate of drug-likeness (QED) is 0.695. The Morgan fingerprint density at radius 2 is 1.79 bits per heavy atom. The molecule has 19 heavy (non-hydrogen) atoms. The molecule has 106 valence electrons. The summed E-state index contributed by atoms with van der Waals surface area (Å²) in [7, 11) is 0. The van der Waals surface area contributed by atoms with E-state index in [-0.39, 0.29) is 12.2 Å². The molecule has 0 aliphatic heterocycles. The van der Waals surface area contributed by atoms with Crippen molar-refractivity contribution < 1.29 is 9.47 Å². The van der Waals surface area contributed by atoms with Gasteiger partial charge in [0.05, 0.1) is 25.4 Å². The normalized spacial score (nSPS) is 16.8. The Balaban J connectivity index is 1.79. The summed E-state index contributed by atoms with van der Waals surface area (Å²) in [5, 5.41) is 3.54. The van der Waals surface area contributed by atoms with Crippen molar-refractivity contribution >= 4 is 0 Å². The minimum Gasteiger partial charge on any atom is -0.376 e. The van der Waals surface area contributed by atoms with Gasteiger partial charge < -0.3 is 14.8 Å². The second-order valence-corrected chi connectivity index (χ2v) is 5.37. The van der Waals surface area contributed by atoms with E-state index in [1.54, 1.807) is 0 Å². The molecule has 1 fully saturated rings. The standard InChI is InChI=1S/C16H25NO2/c1-13(2)18-10-11-19-16(12-17-15-8-9-15)14-6-4-3-5-7-14/h3-7,13,15-17H,8-12H2,1-2H3. The van der Waals surface area contributed by atoms with Gasteiger partial charge in [-0.1, -0.05) is 30.3 Å². The van der Waals surface area contributed by atoms with Crippen molar-refractivity contribution in [2.24, 2.45) is 0 Å². The summed E-state index contributed by atoms with van der Waals surface area (Å²) in [6, 6.07) is 11.1. The zero-order valence-electron chi connectivity index (χ0n) is 12.0. The van der Waals surface area contributed by atoms with Gasteiger partial charge in [-0.15, -0.1) is 0 Å². The first kappa shape index (κ1) is 14.5. The molecule has 0 spiro atoms. The van der Waals surface area contributed by atoms with Crippen LogP contribution < -0.4 is 5.32 Å². The molecule has 1 aromatic carbocycles. The second kappa shape index (κ2) is 7.63. The maximum absolute atomic E-state index is 5.97. The van der Waals surface area contributed by atoms with Crippen LogP contribution in [0.5, 0.6) is 0 Å². The third kappa shape index (κ3) is 5.72. The number of hydrogen-bond donors (Lipinski definition) is 1. The summed E-state index contributed by atoms with van der Waals surface area (Å²) in [6.45, 7) is 6.28. The SMILES string of the molecule is CC(C)OCCOC(CNC1CC1)c1ccccc1. The Labute approximate surface area is 116 Å². The van der Waals surface area contributed by atoms with Crippen molar-refractivity contribution in [1.82, 2.24) is 5.32 Å². The van der Waals surface area contributed by atoms with Crippen molar-refractivity contribution in [3.05, 3.63) is 35.9 Å². The van der Waals surface area contributed by atoms with Crippen LogP contribution in [0.3, 0.4) is 0 Å². The van der Waals surface area contributed by atoms with Crippen molar-refractivity contribution in [3.8, 4) is 0 Å². The van der Waals surface area contributed by atoms with Crippen LogP contribution >= 0.6 is 0 Å². The van der Waals surface area contributed by atoms with Gasteiger partial charge in [0, 0.05) is 12.6 Å². The van der Waals surface area contributed by atoms with Gasteiger partial charge in [-0.2, -0.15) is 0 Å². The first-order valence-corrected chi connectivity index (χ1v) is 7.27. The van der Waals surface area contributed by atoms with E-state index in [9.17, 15) is 0 Å². The van der Waals surface area contributed by atoms with Crippen molar-refractivity contribution in [2.45, 2.75) is 44.9 Å². The molecule has 0 amide bonds. The first-order valence-electron chi connectivity index (χ1n) is 7.27. The third-order valence-corrected chi connectivity index (χ3v) is 3.19. The lowest BCUT2D eigenvalue weighted by Crippen LogP contribution is -2.26. The van der Waals surface area contributed by atoms with E-state index in [0.717, 1.165) is 6.54 Å². The van der Waals surface area contributed by atoms with Gasteiger partial charge >= 0.3 is 0 Å². The molecule has 1 aromatic rings. The number of ether oxygens (including phenoxy) is 2. The van der Waals surface area contributed by atoms with Gasteiger partial charge in [0.1, 0.15) is 0 Å². The molecule has 1 N–H and O–H groups in total. The van der Waals surface area contributed by atoms with Crippen LogP contribution in [-0.2, 0) is 9.47 Å². The highest BCUT2D eigenvalue weighted by atomic mass is 16.5. The predicted molar refractivity (Wildman–Crippen MR) is 77.2 cm³/mol. The average molecular weight is 263 g/mol. The molecule has 1 aliphatic rings. The summed E-state index contributed by atoms with van der Waals surface area (Å²) >= 11 is 0. The minimum absolute atomic E-state index is 0.123. The highest BCUT2D eigenvalue weighted by Crippen LogP contribution is 2.22. The smallest absolute Gasteiger partial charge is 0.0950 e. The molecule has 1 unspecified atom stereocenters. The number of nitrogens with one attached hydrogen (secondary N) is 1. The van der Waals surface area contributed by atoms with E-state index in [1.165, 1.54) is 18.4 Å². The Kier molecular flexibility index (Phi) is 5.83. The van der Waals surface area contributed by atoms with E-state index in [1.807, 2.05) is 19.9 Å². The molecule has 1 atom stereocenters. The molecule has 0 radical (unpaired) electrons. The van der Waals surface area contributed by atoms with Gasteiger partial charge in [-0.3, -0.25) is 0 Å². The lowest BCUT2D eigenvalue weighted by Gasteiger charge is -2.19. The highest BCUT2D eigenvalue weighted by molar-refractivity contribution is 5.18. The fourth-order valence-electron chi connectivity index (χ4n) is 1.98. The number of hydrogen-bond acceptors (Lipinski definition) is 3. The predicted octanol–water partition coefficient (Wildman–Crippen LogP) is 2.92. The van der Waals surface area contributed by atoms with Crippen molar-refractivity contribution in [1.29, 1.82) is 0 Å². The lowest BCUT2D eigenvalue weighted by atomic mass is 10.1. The summed E-state index contributed by atoms with van der Waals surface area (Å²) in [5.41, 5.74) is 1.24. The van der Waals surface area contributed by atoms with E-state index in [0.29, 0.717) is 19.3 Å². The molecule has 0 aromatic heterocycles. The van der Waals surface area contributed by atoms with Crippen LogP contribution in [0.25, 0.3) is 0 Å². The molecule has 0 bridgehead atoms. The Morgan fingerprint density at radius 1 is 1.11 bits per heavy atom. The van der Waals surface area contributed by atoms with Crippen LogP contribution in [0.2, 0.25) is 0 Å². The van der Waals surface area contributed by atoms with Crippen LogP contribution in [0.1, 0.15) is 38.4 Å². The lowest BCUT2D eigenvalue weighted by molar-refractivity contribution is -0.0131.